The SMILES string of the molecule is Cc1ccccc1OCC(=O)NN=Cc1ccc(C(C)C)cc1. The minimum absolute atomic E-state index is 0.0610. The summed E-state index contributed by atoms with van der Waals surface area (Å²) in [5.41, 5.74) is 5.67. The fourth-order valence-electron chi connectivity index (χ4n) is 2.04. The first-order chi connectivity index (χ1) is 11.1. The van der Waals surface area contributed by atoms with Crippen molar-refractivity contribution in [2.45, 2.75) is 26.7 Å². The van der Waals surface area contributed by atoms with E-state index in [1.54, 1.807) is 6.21 Å². The molecule has 0 unspecified atom stereocenters. The van der Waals surface area contributed by atoms with Crippen molar-refractivity contribution in [3.05, 3.63) is 65.2 Å². The molecule has 0 fully saturated rings. The minimum Gasteiger partial charge on any atom is -0.483 e. The van der Waals surface area contributed by atoms with Gasteiger partial charge in [0, 0.05) is 0 Å². The molecule has 0 bridgehead atoms. The highest BCUT2D eigenvalue weighted by atomic mass is 16.5. The maximum atomic E-state index is 11.7. The minimum atomic E-state index is -0.289. The number of hydrazone groups is 1. The molecular formula is C19H22N2O2. The van der Waals surface area contributed by atoms with Crippen LogP contribution in [-0.2, 0) is 4.79 Å². The van der Waals surface area contributed by atoms with Crippen molar-refractivity contribution in [1.29, 1.82) is 0 Å². The Bertz CT molecular complexity index is 676. The second-order valence-electron chi connectivity index (χ2n) is 5.67. The summed E-state index contributed by atoms with van der Waals surface area (Å²) in [7, 11) is 0. The van der Waals surface area contributed by atoms with E-state index in [2.05, 4.69) is 36.5 Å². The summed E-state index contributed by atoms with van der Waals surface area (Å²) in [5, 5.41) is 3.95. The number of carbonyl (C=O) groups is 1. The summed E-state index contributed by atoms with van der Waals surface area (Å²) in [4.78, 5) is 11.7. The van der Waals surface area contributed by atoms with Gasteiger partial charge in [0.05, 0.1) is 6.21 Å². The quantitative estimate of drug-likeness (QED) is 0.654. The molecule has 4 nitrogen and oxygen atoms in total. The third-order valence-corrected chi connectivity index (χ3v) is 3.46. The number of benzene rings is 2. The van der Waals surface area contributed by atoms with E-state index in [1.165, 1.54) is 5.56 Å². The zero-order chi connectivity index (χ0) is 16.7. The van der Waals surface area contributed by atoms with Gasteiger partial charge >= 0.3 is 0 Å². The molecule has 0 aromatic heterocycles. The zero-order valence-corrected chi connectivity index (χ0v) is 13.7. The highest BCUT2D eigenvalue weighted by Crippen LogP contribution is 2.16. The number of para-hydroxylation sites is 1. The molecule has 0 heterocycles. The summed E-state index contributed by atoms with van der Waals surface area (Å²) in [6.45, 7) is 6.18. The average molecular weight is 310 g/mol. The summed E-state index contributed by atoms with van der Waals surface area (Å²) in [6.07, 6.45) is 1.62. The fraction of sp³-hybridized carbons (Fsp3) is 0.263. The number of hydrogen-bond acceptors (Lipinski definition) is 3. The Morgan fingerprint density at radius 1 is 1.17 bits per heavy atom. The van der Waals surface area contributed by atoms with Crippen molar-refractivity contribution >= 4 is 12.1 Å². The first kappa shape index (κ1) is 16.7. The molecule has 0 radical (unpaired) electrons. The van der Waals surface area contributed by atoms with Crippen LogP contribution in [0.3, 0.4) is 0 Å². The number of ether oxygens (including phenoxy) is 1. The fourth-order valence-corrected chi connectivity index (χ4v) is 2.04. The van der Waals surface area contributed by atoms with Crippen molar-refractivity contribution in [2.24, 2.45) is 5.10 Å². The second-order valence-corrected chi connectivity index (χ2v) is 5.67. The van der Waals surface area contributed by atoms with E-state index < -0.39 is 0 Å². The van der Waals surface area contributed by atoms with E-state index in [0.717, 1.165) is 11.1 Å². The van der Waals surface area contributed by atoms with Crippen LogP contribution in [0.1, 0.15) is 36.5 Å². The first-order valence-corrected chi connectivity index (χ1v) is 7.66. The Balaban J connectivity index is 1.80. The van der Waals surface area contributed by atoms with E-state index in [0.29, 0.717) is 11.7 Å². The maximum Gasteiger partial charge on any atom is 0.277 e. The predicted octanol–water partition coefficient (Wildman–Crippen LogP) is 3.65. The van der Waals surface area contributed by atoms with Crippen molar-refractivity contribution in [3.8, 4) is 5.75 Å². The molecule has 0 atom stereocenters. The number of nitrogens with one attached hydrogen (secondary N) is 1. The number of carbonyl (C=O) groups excluding carboxylic acids is 1. The average Bonchev–Trinajstić information content (AvgIpc) is 2.54. The third-order valence-electron chi connectivity index (χ3n) is 3.46. The van der Waals surface area contributed by atoms with Crippen molar-refractivity contribution in [3.63, 3.8) is 0 Å². The van der Waals surface area contributed by atoms with E-state index in [9.17, 15) is 4.79 Å². The van der Waals surface area contributed by atoms with Crippen LogP contribution in [0.2, 0.25) is 0 Å². The highest BCUT2D eigenvalue weighted by Gasteiger charge is 2.03. The zero-order valence-electron chi connectivity index (χ0n) is 13.7. The lowest BCUT2D eigenvalue weighted by molar-refractivity contribution is -0.123. The first-order valence-electron chi connectivity index (χ1n) is 7.66. The van der Waals surface area contributed by atoms with Crippen LogP contribution in [0.5, 0.6) is 5.75 Å². The van der Waals surface area contributed by atoms with Crippen molar-refractivity contribution < 1.29 is 9.53 Å². The molecule has 2 aromatic carbocycles. The molecule has 0 aliphatic heterocycles. The van der Waals surface area contributed by atoms with Gasteiger partial charge in [-0.25, -0.2) is 5.43 Å². The molecule has 2 rings (SSSR count). The monoisotopic (exact) mass is 310 g/mol. The van der Waals surface area contributed by atoms with E-state index in [4.69, 9.17) is 4.74 Å². The largest absolute Gasteiger partial charge is 0.483 e. The number of amides is 1. The van der Waals surface area contributed by atoms with Crippen LogP contribution >= 0.6 is 0 Å². The molecule has 23 heavy (non-hydrogen) atoms. The van der Waals surface area contributed by atoms with Gasteiger partial charge in [0.25, 0.3) is 5.91 Å². The standard InChI is InChI=1S/C19H22N2O2/c1-14(2)17-10-8-16(9-11-17)12-20-21-19(22)13-23-18-7-5-4-6-15(18)3/h4-12,14H,13H2,1-3H3,(H,21,22). The summed E-state index contributed by atoms with van der Waals surface area (Å²) >= 11 is 0. The molecule has 1 N–H and O–H groups in total. The lowest BCUT2D eigenvalue weighted by atomic mass is 10.0. The van der Waals surface area contributed by atoms with Gasteiger partial charge in [-0.05, 0) is 35.6 Å². The molecule has 0 spiro atoms. The van der Waals surface area contributed by atoms with Crippen molar-refractivity contribution in [2.75, 3.05) is 6.61 Å². The lowest BCUT2D eigenvalue weighted by Crippen LogP contribution is -2.24. The van der Waals surface area contributed by atoms with Crippen LogP contribution in [0.4, 0.5) is 0 Å². The highest BCUT2D eigenvalue weighted by molar-refractivity contribution is 5.82. The smallest absolute Gasteiger partial charge is 0.277 e. The molecule has 0 aliphatic rings. The van der Waals surface area contributed by atoms with Gasteiger partial charge in [-0.15, -0.1) is 0 Å². The van der Waals surface area contributed by atoms with Gasteiger partial charge in [0.15, 0.2) is 6.61 Å². The van der Waals surface area contributed by atoms with E-state index in [1.807, 2.05) is 43.3 Å². The normalized spacial score (nSPS) is 11.0. The van der Waals surface area contributed by atoms with E-state index in [-0.39, 0.29) is 12.5 Å². The molecule has 4 heteroatoms. The van der Waals surface area contributed by atoms with Gasteiger partial charge in [-0.2, -0.15) is 5.10 Å². The Morgan fingerprint density at radius 2 is 1.87 bits per heavy atom. The van der Waals surface area contributed by atoms with Crippen LogP contribution in [-0.4, -0.2) is 18.7 Å². The van der Waals surface area contributed by atoms with Gasteiger partial charge < -0.3 is 4.74 Å². The Morgan fingerprint density at radius 3 is 2.52 bits per heavy atom. The Labute approximate surface area is 137 Å². The topological polar surface area (TPSA) is 50.7 Å². The summed E-state index contributed by atoms with van der Waals surface area (Å²) in [5.74, 6) is 0.915. The van der Waals surface area contributed by atoms with Crippen molar-refractivity contribution in [1.82, 2.24) is 5.43 Å². The molecule has 0 saturated carbocycles. The molecule has 1 amide bonds. The van der Waals surface area contributed by atoms with Crippen LogP contribution in [0.15, 0.2) is 53.6 Å². The summed E-state index contributed by atoms with van der Waals surface area (Å²) < 4.78 is 5.46. The number of nitrogens with zero attached hydrogens (tertiary/aromatic N) is 1. The molecule has 2 aromatic rings. The van der Waals surface area contributed by atoms with Gasteiger partial charge in [0.2, 0.25) is 0 Å². The molecule has 120 valence electrons. The lowest BCUT2D eigenvalue weighted by Gasteiger charge is -2.07. The van der Waals surface area contributed by atoms with Crippen LogP contribution < -0.4 is 10.2 Å². The second kappa shape index (κ2) is 8.13. The Hall–Kier alpha value is -2.62. The summed E-state index contributed by atoms with van der Waals surface area (Å²) in [6, 6.07) is 15.7. The molecule has 0 aliphatic carbocycles. The van der Waals surface area contributed by atoms with Gasteiger partial charge in [-0.3, -0.25) is 4.79 Å². The van der Waals surface area contributed by atoms with Gasteiger partial charge in [-0.1, -0.05) is 56.3 Å². The van der Waals surface area contributed by atoms with Crippen LogP contribution in [0, 0.1) is 6.92 Å². The van der Waals surface area contributed by atoms with E-state index >= 15 is 0 Å². The Kier molecular flexibility index (Phi) is 5.92. The third kappa shape index (κ3) is 5.25. The van der Waals surface area contributed by atoms with Crippen LogP contribution in [0.25, 0.3) is 0 Å². The number of hydrogen-bond donors (Lipinski definition) is 1. The van der Waals surface area contributed by atoms with Gasteiger partial charge in [0.1, 0.15) is 5.75 Å². The molecular weight excluding hydrogens is 288 g/mol. The number of rotatable bonds is 6. The molecule has 0 saturated heterocycles. The predicted molar refractivity (Wildman–Crippen MR) is 92.9 cm³/mol. The maximum absolute atomic E-state index is 11.7. The number of aryl methyl sites for hydroxylation is 1.